The van der Waals surface area contributed by atoms with Crippen molar-refractivity contribution < 1.29 is 4.74 Å². The zero-order chi connectivity index (χ0) is 10.5. The van der Waals surface area contributed by atoms with Crippen LogP contribution in [0.3, 0.4) is 0 Å². The van der Waals surface area contributed by atoms with Crippen molar-refractivity contribution >= 4 is 11.6 Å². The molecule has 15 heavy (non-hydrogen) atoms. The lowest BCUT2D eigenvalue weighted by molar-refractivity contribution is 0.110. The lowest BCUT2D eigenvalue weighted by Crippen LogP contribution is -2.25. The lowest BCUT2D eigenvalue weighted by Gasteiger charge is -2.10. The molecule has 0 aliphatic carbocycles. The Morgan fingerprint density at radius 2 is 2.13 bits per heavy atom. The molecule has 3 heteroatoms. The summed E-state index contributed by atoms with van der Waals surface area (Å²) in [6.45, 7) is 2.76. The van der Waals surface area contributed by atoms with E-state index >= 15 is 0 Å². The first-order valence-electron chi connectivity index (χ1n) is 5.41. The summed E-state index contributed by atoms with van der Waals surface area (Å²) >= 11 is 5.81. The lowest BCUT2D eigenvalue weighted by atomic mass is 10.2. The molecular formula is C12H16ClNO. The normalized spacial score (nSPS) is 20.7. The highest BCUT2D eigenvalue weighted by atomic mass is 35.5. The Morgan fingerprint density at radius 3 is 2.80 bits per heavy atom. The van der Waals surface area contributed by atoms with E-state index in [4.69, 9.17) is 16.3 Å². The highest BCUT2D eigenvalue weighted by Gasteiger charge is 2.14. The Kier molecular flexibility index (Phi) is 4.01. The van der Waals surface area contributed by atoms with Crippen molar-refractivity contribution in [2.24, 2.45) is 0 Å². The Balaban J connectivity index is 1.71. The number of hydrogen-bond donors (Lipinski definition) is 1. The average Bonchev–Trinajstić information content (AvgIpc) is 2.74. The quantitative estimate of drug-likeness (QED) is 0.851. The van der Waals surface area contributed by atoms with Crippen LogP contribution in [0.25, 0.3) is 0 Å². The van der Waals surface area contributed by atoms with Gasteiger partial charge >= 0.3 is 0 Å². The maximum absolute atomic E-state index is 5.81. The summed E-state index contributed by atoms with van der Waals surface area (Å²) in [5.74, 6) is 0. The van der Waals surface area contributed by atoms with Crippen LogP contribution in [0, 0.1) is 0 Å². The van der Waals surface area contributed by atoms with E-state index in [0.29, 0.717) is 6.10 Å². The van der Waals surface area contributed by atoms with Gasteiger partial charge in [0, 0.05) is 24.7 Å². The van der Waals surface area contributed by atoms with Gasteiger partial charge in [0.1, 0.15) is 0 Å². The fourth-order valence-corrected chi connectivity index (χ4v) is 1.91. The molecule has 1 atom stereocenters. The molecule has 1 aromatic carbocycles. The summed E-state index contributed by atoms with van der Waals surface area (Å²) in [6, 6.07) is 7.94. The van der Waals surface area contributed by atoms with Gasteiger partial charge in [-0.05, 0) is 30.5 Å². The van der Waals surface area contributed by atoms with Crippen molar-refractivity contribution in [2.45, 2.75) is 25.5 Å². The third-order valence-electron chi connectivity index (χ3n) is 2.64. The van der Waals surface area contributed by atoms with Crippen LogP contribution < -0.4 is 5.32 Å². The fourth-order valence-electron chi connectivity index (χ4n) is 1.79. The smallest absolute Gasteiger partial charge is 0.0700 e. The van der Waals surface area contributed by atoms with Gasteiger partial charge in [-0.1, -0.05) is 23.7 Å². The van der Waals surface area contributed by atoms with Crippen molar-refractivity contribution in [1.29, 1.82) is 0 Å². The molecule has 0 aromatic heterocycles. The number of hydrogen-bond acceptors (Lipinski definition) is 2. The van der Waals surface area contributed by atoms with Crippen LogP contribution >= 0.6 is 11.6 Å². The first-order chi connectivity index (χ1) is 7.34. The van der Waals surface area contributed by atoms with Crippen molar-refractivity contribution in [3.05, 3.63) is 34.9 Å². The Morgan fingerprint density at radius 1 is 1.33 bits per heavy atom. The molecule has 1 aromatic rings. The van der Waals surface area contributed by atoms with E-state index in [1.807, 2.05) is 24.3 Å². The van der Waals surface area contributed by atoms with Crippen molar-refractivity contribution in [3.63, 3.8) is 0 Å². The number of halogens is 1. The molecule has 0 bridgehead atoms. The molecule has 1 N–H and O–H groups in total. The Bertz CT molecular complexity index is 293. The molecule has 0 radical (unpaired) electrons. The molecule has 0 spiro atoms. The van der Waals surface area contributed by atoms with Crippen LogP contribution in [-0.2, 0) is 11.3 Å². The van der Waals surface area contributed by atoms with Crippen molar-refractivity contribution in [3.8, 4) is 0 Å². The second-order valence-electron chi connectivity index (χ2n) is 3.89. The first kappa shape index (κ1) is 10.9. The summed E-state index contributed by atoms with van der Waals surface area (Å²) in [5.41, 5.74) is 1.26. The van der Waals surface area contributed by atoms with E-state index in [1.165, 1.54) is 18.4 Å². The fraction of sp³-hybridized carbons (Fsp3) is 0.500. The van der Waals surface area contributed by atoms with Gasteiger partial charge in [-0.25, -0.2) is 0 Å². The molecule has 0 unspecified atom stereocenters. The Hall–Kier alpha value is -0.570. The third kappa shape index (κ3) is 3.49. The van der Waals surface area contributed by atoms with E-state index in [-0.39, 0.29) is 0 Å². The van der Waals surface area contributed by atoms with E-state index in [2.05, 4.69) is 5.32 Å². The van der Waals surface area contributed by atoms with E-state index in [9.17, 15) is 0 Å². The minimum atomic E-state index is 0.414. The molecule has 2 rings (SSSR count). The molecule has 1 fully saturated rings. The maximum Gasteiger partial charge on any atom is 0.0700 e. The van der Waals surface area contributed by atoms with Gasteiger partial charge in [0.25, 0.3) is 0 Å². The average molecular weight is 226 g/mol. The van der Waals surface area contributed by atoms with Gasteiger partial charge in [0.15, 0.2) is 0 Å². The van der Waals surface area contributed by atoms with Gasteiger partial charge in [-0.3, -0.25) is 0 Å². The largest absolute Gasteiger partial charge is 0.377 e. The molecule has 1 saturated heterocycles. The SMILES string of the molecule is Clc1ccc(CNC[C@@H]2CCCO2)cc1. The molecular weight excluding hydrogens is 210 g/mol. The van der Waals surface area contributed by atoms with Gasteiger partial charge in [-0.15, -0.1) is 0 Å². The molecule has 82 valence electrons. The second-order valence-corrected chi connectivity index (χ2v) is 4.33. The number of ether oxygens (including phenoxy) is 1. The topological polar surface area (TPSA) is 21.3 Å². The van der Waals surface area contributed by atoms with E-state index in [1.54, 1.807) is 0 Å². The number of nitrogens with one attached hydrogen (secondary N) is 1. The van der Waals surface area contributed by atoms with Crippen LogP contribution in [0.2, 0.25) is 5.02 Å². The maximum atomic E-state index is 5.81. The molecule has 1 aliphatic heterocycles. The summed E-state index contributed by atoms with van der Waals surface area (Å²) in [7, 11) is 0. The van der Waals surface area contributed by atoms with Crippen molar-refractivity contribution in [2.75, 3.05) is 13.2 Å². The number of rotatable bonds is 4. The second kappa shape index (κ2) is 5.50. The third-order valence-corrected chi connectivity index (χ3v) is 2.89. The van der Waals surface area contributed by atoms with Gasteiger partial charge < -0.3 is 10.1 Å². The number of benzene rings is 1. The summed E-state index contributed by atoms with van der Waals surface area (Å²) in [6.07, 6.45) is 2.80. The Labute approximate surface area is 95.6 Å². The zero-order valence-corrected chi connectivity index (χ0v) is 9.46. The van der Waals surface area contributed by atoms with Gasteiger partial charge in [0.05, 0.1) is 6.10 Å². The van der Waals surface area contributed by atoms with Crippen LogP contribution in [0.5, 0.6) is 0 Å². The van der Waals surface area contributed by atoms with E-state index < -0.39 is 0 Å². The standard InChI is InChI=1S/C12H16ClNO/c13-11-5-3-10(4-6-11)8-14-9-12-2-1-7-15-12/h3-6,12,14H,1-2,7-9H2/t12-/m0/s1. The summed E-state index contributed by atoms with van der Waals surface area (Å²) < 4.78 is 5.53. The molecule has 1 heterocycles. The predicted molar refractivity (Wildman–Crippen MR) is 62.1 cm³/mol. The first-order valence-corrected chi connectivity index (χ1v) is 5.79. The van der Waals surface area contributed by atoms with Crippen LogP contribution in [0.15, 0.2) is 24.3 Å². The summed E-state index contributed by atoms with van der Waals surface area (Å²) in [4.78, 5) is 0. The molecule has 0 saturated carbocycles. The zero-order valence-electron chi connectivity index (χ0n) is 8.71. The molecule has 2 nitrogen and oxygen atoms in total. The van der Waals surface area contributed by atoms with E-state index in [0.717, 1.165) is 24.7 Å². The van der Waals surface area contributed by atoms with Crippen LogP contribution in [0.1, 0.15) is 18.4 Å². The highest BCUT2D eigenvalue weighted by molar-refractivity contribution is 6.30. The minimum Gasteiger partial charge on any atom is -0.377 e. The molecule has 1 aliphatic rings. The molecule has 0 amide bonds. The van der Waals surface area contributed by atoms with Gasteiger partial charge in [0.2, 0.25) is 0 Å². The van der Waals surface area contributed by atoms with Gasteiger partial charge in [-0.2, -0.15) is 0 Å². The van der Waals surface area contributed by atoms with Crippen molar-refractivity contribution in [1.82, 2.24) is 5.32 Å². The minimum absolute atomic E-state index is 0.414. The monoisotopic (exact) mass is 225 g/mol. The summed E-state index contributed by atoms with van der Waals surface area (Å²) in [5, 5.41) is 4.18. The predicted octanol–water partition coefficient (Wildman–Crippen LogP) is 2.61. The highest BCUT2D eigenvalue weighted by Crippen LogP contribution is 2.12. The van der Waals surface area contributed by atoms with Crippen LogP contribution in [-0.4, -0.2) is 19.3 Å². The van der Waals surface area contributed by atoms with Crippen LogP contribution in [0.4, 0.5) is 0 Å².